The van der Waals surface area contributed by atoms with Gasteiger partial charge < -0.3 is 10.1 Å². The molecule has 3 nitrogen and oxygen atoms in total. The lowest BCUT2D eigenvalue weighted by molar-refractivity contribution is 0.411. The molecular weight excluding hydrogens is 251 g/mol. The molecule has 0 spiro atoms. The number of benzene rings is 1. The maximum Gasteiger partial charge on any atom is 0.137 e. The summed E-state index contributed by atoms with van der Waals surface area (Å²) in [6.07, 6.45) is 0. The number of aromatic nitrogens is 1. The second-order valence-electron chi connectivity index (χ2n) is 3.93. The minimum atomic E-state index is -0.313. The fraction of sp³-hybridized carbons (Fsp3) is 0.308. The summed E-state index contributed by atoms with van der Waals surface area (Å²) in [5.74, 6) is 0.198. The predicted molar refractivity (Wildman–Crippen MR) is 71.5 cm³/mol. The van der Waals surface area contributed by atoms with E-state index in [2.05, 4.69) is 10.3 Å². The average molecular weight is 266 g/mol. The summed E-state index contributed by atoms with van der Waals surface area (Å²) in [6, 6.07) is 4.97. The zero-order chi connectivity index (χ0) is 13.1. The van der Waals surface area contributed by atoms with Crippen molar-refractivity contribution in [2.24, 2.45) is 0 Å². The number of halogens is 1. The number of hydrogen-bond acceptors (Lipinski definition) is 4. The van der Waals surface area contributed by atoms with Crippen molar-refractivity contribution in [3.05, 3.63) is 35.1 Å². The van der Waals surface area contributed by atoms with Crippen LogP contribution in [-0.4, -0.2) is 19.1 Å². The fourth-order valence-electron chi connectivity index (χ4n) is 1.55. The molecule has 5 heteroatoms. The first-order valence-corrected chi connectivity index (χ1v) is 6.50. The van der Waals surface area contributed by atoms with E-state index in [0.717, 1.165) is 5.69 Å². The molecule has 2 rings (SSSR count). The molecule has 1 aromatic heterocycles. The number of rotatable bonds is 4. The Kier molecular flexibility index (Phi) is 3.93. The zero-order valence-electron chi connectivity index (χ0n) is 10.5. The normalized spacial score (nSPS) is 12.4. The highest BCUT2D eigenvalue weighted by Gasteiger charge is 2.13. The van der Waals surface area contributed by atoms with Crippen LogP contribution >= 0.6 is 11.3 Å². The highest BCUT2D eigenvalue weighted by atomic mass is 32.1. The first-order valence-electron chi connectivity index (χ1n) is 5.62. The van der Waals surface area contributed by atoms with Crippen molar-refractivity contribution in [3.63, 3.8) is 0 Å². The highest BCUT2D eigenvalue weighted by molar-refractivity contribution is 7.13. The molecule has 0 saturated carbocycles. The Hall–Kier alpha value is -1.46. The Morgan fingerprint density at radius 3 is 2.83 bits per heavy atom. The van der Waals surface area contributed by atoms with E-state index in [4.69, 9.17) is 4.74 Å². The van der Waals surface area contributed by atoms with Crippen molar-refractivity contribution in [1.82, 2.24) is 10.3 Å². The van der Waals surface area contributed by atoms with Gasteiger partial charge in [0, 0.05) is 23.1 Å². The molecule has 0 aliphatic rings. The molecule has 1 aromatic carbocycles. The van der Waals surface area contributed by atoms with E-state index in [9.17, 15) is 4.39 Å². The van der Waals surface area contributed by atoms with E-state index in [0.29, 0.717) is 16.3 Å². The van der Waals surface area contributed by atoms with Crippen molar-refractivity contribution in [3.8, 4) is 16.3 Å². The molecule has 0 amide bonds. The minimum Gasteiger partial charge on any atom is -0.497 e. The van der Waals surface area contributed by atoms with E-state index in [1.54, 1.807) is 12.1 Å². The maximum absolute atomic E-state index is 13.9. The topological polar surface area (TPSA) is 34.1 Å². The van der Waals surface area contributed by atoms with Crippen LogP contribution in [0.5, 0.6) is 5.75 Å². The third-order valence-electron chi connectivity index (χ3n) is 2.81. The summed E-state index contributed by atoms with van der Waals surface area (Å²) in [4.78, 5) is 4.44. The van der Waals surface area contributed by atoms with Gasteiger partial charge in [-0.15, -0.1) is 11.3 Å². The summed E-state index contributed by atoms with van der Waals surface area (Å²) < 4.78 is 18.9. The number of ether oxygens (including phenoxy) is 1. The first-order chi connectivity index (χ1) is 8.65. The average Bonchev–Trinajstić information content (AvgIpc) is 2.87. The Balaban J connectivity index is 2.34. The molecule has 0 bridgehead atoms. The molecule has 96 valence electrons. The van der Waals surface area contributed by atoms with Gasteiger partial charge in [-0.2, -0.15) is 0 Å². The van der Waals surface area contributed by atoms with Gasteiger partial charge in [0.15, 0.2) is 0 Å². The van der Waals surface area contributed by atoms with E-state index in [-0.39, 0.29) is 11.9 Å². The van der Waals surface area contributed by atoms with Crippen LogP contribution < -0.4 is 10.1 Å². The number of methoxy groups -OCH3 is 1. The number of nitrogens with zero attached hydrogens (tertiary/aromatic N) is 1. The van der Waals surface area contributed by atoms with Gasteiger partial charge in [0.05, 0.1) is 12.8 Å². The summed E-state index contributed by atoms with van der Waals surface area (Å²) in [5.41, 5.74) is 1.43. The predicted octanol–water partition coefficient (Wildman–Crippen LogP) is 3.24. The molecular formula is C13H15FN2OS. The molecule has 0 radical (unpaired) electrons. The van der Waals surface area contributed by atoms with Crippen molar-refractivity contribution in [2.45, 2.75) is 13.0 Å². The minimum absolute atomic E-state index is 0.163. The second-order valence-corrected chi connectivity index (χ2v) is 4.79. The van der Waals surface area contributed by atoms with E-state index >= 15 is 0 Å². The van der Waals surface area contributed by atoms with Crippen molar-refractivity contribution in [1.29, 1.82) is 0 Å². The van der Waals surface area contributed by atoms with Crippen molar-refractivity contribution in [2.75, 3.05) is 14.2 Å². The van der Waals surface area contributed by atoms with Crippen LogP contribution in [0.1, 0.15) is 18.7 Å². The lowest BCUT2D eigenvalue weighted by Gasteiger charge is -2.05. The second kappa shape index (κ2) is 5.46. The monoisotopic (exact) mass is 266 g/mol. The maximum atomic E-state index is 13.9. The molecule has 0 aliphatic heterocycles. The van der Waals surface area contributed by atoms with Gasteiger partial charge >= 0.3 is 0 Å². The molecule has 0 saturated heterocycles. The third-order valence-corrected chi connectivity index (χ3v) is 3.70. The Morgan fingerprint density at radius 1 is 1.44 bits per heavy atom. The number of nitrogens with one attached hydrogen (secondary N) is 1. The van der Waals surface area contributed by atoms with Gasteiger partial charge in [-0.3, -0.25) is 0 Å². The highest BCUT2D eigenvalue weighted by Crippen LogP contribution is 2.30. The molecule has 18 heavy (non-hydrogen) atoms. The summed E-state index contributed by atoms with van der Waals surface area (Å²) >= 11 is 1.44. The number of thiazole rings is 1. The van der Waals surface area contributed by atoms with Gasteiger partial charge in [0.25, 0.3) is 0 Å². The van der Waals surface area contributed by atoms with Gasteiger partial charge in [0.2, 0.25) is 0 Å². The van der Waals surface area contributed by atoms with Crippen LogP contribution in [0.4, 0.5) is 4.39 Å². The van der Waals surface area contributed by atoms with Crippen LogP contribution in [0, 0.1) is 5.82 Å². The molecule has 1 unspecified atom stereocenters. The molecule has 2 aromatic rings. The van der Waals surface area contributed by atoms with Gasteiger partial charge in [-0.25, -0.2) is 9.37 Å². The van der Waals surface area contributed by atoms with Crippen LogP contribution in [-0.2, 0) is 0 Å². The lowest BCUT2D eigenvalue weighted by Crippen LogP contribution is -2.12. The van der Waals surface area contributed by atoms with Gasteiger partial charge in [-0.1, -0.05) is 0 Å². The smallest absolute Gasteiger partial charge is 0.137 e. The lowest BCUT2D eigenvalue weighted by atomic mass is 10.2. The van der Waals surface area contributed by atoms with Gasteiger partial charge in [-0.05, 0) is 26.1 Å². The quantitative estimate of drug-likeness (QED) is 0.922. The summed E-state index contributed by atoms with van der Waals surface area (Å²) in [7, 11) is 3.39. The van der Waals surface area contributed by atoms with E-state index < -0.39 is 0 Å². The Morgan fingerprint density at radius 2 is 2.22 bits per heavy atom. The fourth-order valence-corrected chi connectivity index (χ4v) is 2.49. The Bertz CT molecular complexity index is 542. The first kappa shape index (κ1) is 13.0. The summed E-state index contributed by atoms with van der Waals surface area (Å²) in [6.45, 7) is 2.02. The largest absolute Gasteiger partial charge is 0.497 e. The molecule has 1 atom stereocenters. The SMILES string of the molecule is CNC(C)c1csc(-c2ccc(OC)cc2F)n1. The molecule has 1 heterocycles. The molecule has 1 N–H and O–H groups in total. The Labute approximate surface area is 110 Å². The number of hydrogen-bond donors (Lipinski definition) is 1. The van der Waals surface area contributed by atoms with E-state index in [1.165, 1.54) is 24.5 Å². The van der Waals surface area contributed by atoms with Gasteiger partial charge in [0.1, 0.15) is 16.6 Å². The van der Waals surface area contributed by atoms with Crippen molar-refractivity contribution >= 4 is 11.3 Å². The van der Waals surface area contributed by atoms with E-state index in [1.807, 2.05) is 19.4 Å². The summed E-state index contributed by atoms with van der Waals surface area (Å²) in [5, 5.41) is 5.74. The molecule has 0 fully saturated rings. The zero-order valence-corrected chi connectivity index (χ0v) is 11.3. The van der Waals surface area contributed by atoms with Crippen LogP contribution in [0.2, 0.25) is 0 Å². The van der Waals surface area contributed by atoms with Crippen LogP contribution in [0.15, 0.2) is 23.6 Å². The van der Waals surface area contributed by atoms with Crippen LogP contribution in [0.3, 0.4) is 0 Å². The molecule has 0 aliphatic carbocycles. The third kappa shape index (κ3) is 2.52. The van der Waals surface area contributed by atoms with Crippen molar-refractivity contribution < 1.29 is 9.13 Å². The standard InChI is InChI=1S/C13H15FN2OS/c1-8(15-2)12-7-18-13(16-12)10-5-4-9(17-3)6-11(10)14/h4-8,15H,1-3H3. The van der Waals surface area contributed by atoms with Crippen LogP contribution in [0.25, 0.3) is 10.6 Å².